The molecule has 3 nitrogen and oxygen atoms in total. The molecule has 2 heterocycles. The van der Waals surface area contributed by atoms with E-state index in [1.165, 1.54) is 86.7 Å². The van der Waals surface area contributed by atoms with Gasteiger partial charge in [0.1, 0.15) is 5.75 Å². The number of nitrogens with zero attached hydrogens (tertiary/aromatic N) is 2. The SMILES string of the molecule is CC1CCCCN1Cc1cc2c(c(CN3CCCCC3C)c1O)CCC2. The Morgan fingerprint density at radius 1 is 0.885 bits per heavy atom. The summed E-state index contributed by atoms with van der Waals surface area (Å²) in [7, 11) is 0. The maximum atomic E-state index is 11.2. The molecule has 0 aromatic heterocycles. The van der Waals surface area contributed by atoms with Crippen LogP contribution in [0.5, 0.6) is 5.75 Å². The first kappa shape index (κ1) is 18.3. The number of aryl methyl sites for hydroxylation is 1. The van der Waals surface area contributed by atoms with E-state index >= 15 is 0 Å². The first-order chi connectivity index (χ1) is 12.6. The zero-order valence-corrected chi connectivity index (χ0v) is 16.8. The van der Waals surface area contributed by atoms with Gasteiger partial charge in [-0.3, -0.25) is 9.80 Å². The van der Waals surface area contributed by atoms with Crippen LogP contribution in [-0.4, -0.2) is 40.1 Å². The molecule has 2 aliphatic heterocycles. The van der Waals surface area contributed by atoms with Gasteiger partial charge in [0.15, 0.2) is 0 Å². The van der Waals surface area contributed by atoms with Gasteiger partial charge in [0, 0.05) is 36.3 Å². The standard InChI is InChI=1S/C23H36N2O/c1-17-8-3-5-12-24(17)15-20-14-19-10-7-11-21(19)22(23(20)26)16-25-13-6-4-9-18(25)2/h14,17-18,26H,3-13,15-16H2,1-2H3. The van der Waals surface area contributed by atoms with Gasteiger partial charge in [-0.1, -0.05) is 18.9 Å². The van der Waals surface area contributed by atoms with Crippen molar-refractivity contribution in [3.8, 4) is 5.75 Å². The van der Waals surface area contributed by atoms with E-state index in [0.29, 0.717) is 17.8 Å². The van der Waals surface area contributed by atoms with Gasteiger partial charge in [0.2, 0.25) is 0 Å². The Labute approximate surface area is 159 Å². The van der Waals surface area contributed by atoms with Gasteiger partial charge >= 0.3 is 0 Å². The highest BCUT2D eigenvalue weighted by Gasteiger charge is 2.27. The quantitative estimate of drug-likeness (QED) is 0.852. The molecule has 1 aliphatic carbocycles. The number of phenols is 1. The van der Waals surface area contributed by atoms with Gasteiger partial charge in [-0.15, -0.1) is 0 Å². The highest BCUT2D eigenvalue weighted by molar-refractivity contribution is 5.51. The zero-order valence-electron chi connectivity index (χ0n) is 16.8. The van der Waals surface area contributed by atoms with Crippen molar-refractivity contribution in [2.24, 2.45) is 0 Å². The monoisotopic (exact) mass is 356 g/mol. The number of benzene rings is 1. The van der Waals surface area contributed by atoms with Crippen LogP contribution in [0.15, 0.2) is 6.07 Å². The Morgan fingerprint density at radius 3 is 2.19 bits per heavy atom. The number of hydrogen-bond donors (Lipinski definition) is 1. The fourth-order valence-corrected chi connectivity index (χ4v) is 5.38. The van der Waals surface area contributed by atoms with Gasteiger partial charge in [0.25, 0.3) is 0 Å². The molecule has 2 saturated heterocycles. The molecule has 26 heavy (non-hydrogen) atoms. The minimum Gasteiger partial charge on any atom is -0.507 e. The van der Waals surface area contributed by atoms with E-state index in [0.717, 1.165) is 19.5 Å². The van der Waals surface area contributed by atoms with Gasteiger partial charge in [-0.2, -0.15) is 0 Å². The molecule has 144 valence electrons. The number of phenolic OH excluding ortho intramolecular Hbond substituents is 1. The molecule has 1 N–H and O–H groups in total. The maximum absolute atomic E-state index is 11.2. The van der Waals surface area contributed by atoms with E-state index in [1.54, 1.807) is 0 Å². The minimum absolute atomic E-state index is 0.612. The molecule has 0 amide bonds. The summed E-state index contributed by atoms with van der Waals surface area (Å²) in [6, 6.07) is 3.62. The van der Waals surface area contributed by atoms with Crippen LogP contribution >= 0.6 is 0 Å². The van der Waals surface area contributed by atoms with Crippen molar-refractivity contribution in [2.45, 2.75) is 96.8 Å². The highest BCUT2D eigenvalue weighted by Crippen LogP contribution is 2.37. The van der Waals surface area contributed by atoms with Crippen LogP contribution in [0, 0.1) is 0 Å². The molecule has 3 aliphatic rings. The van der Waals surface area contributed by atoms with Gasteiger partial charge in [0.05, 0.1) is 0 Å². The van der Waals surface area contributed by atoms with Crippen molar-refractivity contribution in [2.75, 3.05) is 13.1 Å². The van der Waals surface area contributed by atoms with Crippen LogP contribution in [0.1, 0.15) is 81.0 Å². The minimum atomic E-state index is 0.612. The second kappa shape index (κ2) is 7.90. The van der Waals surface area contributed by atoms with Gasteiger partial charge < -0.3 is 5.11 Å². The normalized spacial score (nSPS) is 27.6. The van der Waals surface area contributed by atoms with Crippen molar-refractivity contribution >= 4 is 0 Å². The molecular formula is C23H36N2O. The van der Waals surface area contributed by atoms with E-state index in [-0.39, 0.29) is 0 Å². The van der Waals surface area contributed by atoms with Gasteiger partial charge in [-0.25, -0.2) is 0 Å². The Balaban J connectivity index is 1.61. The van der Waals surface area contributed by atoms with E-state index in [1.807, 2.05) is 0 Å². The largest absolute Gasteiger partial charge is 0.507 e. The smallest absolute Gasteiger partial charge is 0.124 e. The van der Waals surface area contributed by atoms with E-state index < -0.39 is 0 Å². The van der Waals surface area contributed by atoms with Crippen molar-refractivity contribution in [1.29, 1.82) is 0 Å². The molecule has 0 saturated carbocycles. The van der Waals surface area contributed by atoms with Crippen molar-refractivity contribution in [3.05, 3.63) is 28.3 Å². The molecular weight excluding hydrogens is 320 g/mol. The summed E-state index contributed by atoms with van der Waals surface area (Å²) in [4.78, 5) is 5.18. The summed E-state index contributed by atoms with van der Waals surface area (Å²) in [5.41, 5.74) is 5.42. The molecule has 4 rings (SSSR count). The first-order valence-corrected chi connectivity index (χ1v) is 11.0. The van der Waals surface area contributed by atoms with Crippen LogP contribution in [-0.2, 0) is 25.9 Å². The first-order valence-electron chi connectivity index (χ1n) is 11.0. The fraction of sp³-hybridized carbons (Fsp3) is 0.739. The van der Waals surface area contributed by atoms with E-state index in [2.05, 4.69) is 29.7 Å². The lowest BCUT2D eigenvalue weighted by Crippen LogP contribution is -2.37. The molecule has 3 heteroatoms. The Kier molecular flexibility index (Phi) is 5.56. The van der Waals surface area contributed by atoms with Crippen molar-refractivity contribution in [3.63, 3.8) is 0 Å². The second-order valence-electron chi connectivity index (χ2n) is 8.98. The second-order valence-corrected chi connectivity index (χ2v) is 8.98. The number of aromatic hydroxyl groups is 1. The lowest BCUT2D eigenvalue weighted by molar-refractivity contribution is 0.147. The molecule has 1 aromatic rings. The fourth-order valence-electron chi connectivity index (χ4n) is 5.38. The highest BCUT2D eigenvalue weighted by atomic mass is 16.3. The third kappa shape index (κ3) is 3.66. The van der Waals surface area contributed by atoms with Crippen LogP contribution in [0.3, 0.4) is 0 Å². The predicted octanol–water partition coefficient (Wildman–Crippen LogP) is 4.63. The number of rotatable bonds is 4. The number of fused-ring (bicyclic) bond motifs is 1. The Morgan fingerprint density at radius 2 is 1.54 bits per heavy atom. The average Bonchev–Trinajstić information content (AvgIpc) is 3.10. The number of likely N-dealkylation sites (tertiary alicyclic amines) is 2. The van der Waals surface area contributed by atoms with Gasteiger partial charge in [-0.05, 0) is 83.0 Å². The molecule has 2 atom stereocenters. The lowest BCUT2D eigenvalue weighted by Gasteiger charge is -2.35. The summed E-state index contributed by atoms with van der Waals surface area (Å²) in [6.07, 6.45) is 11.5. The summed E-state index contributed by atoms with van der Waals surface area (Å²) in [5.74, 6) is 0.612. The molecule has 1 aromatic carbocycles. The average molecular weight is 357 g/mol. The molecule has 2 unspecified atom stereocenters. The molecule has 0 spiro atoms. The summed E-state index contributed by atoms with van der Waals surface area (Å²) < 4.78 is 0. The Bertz CT molecular complexity index is 642. The third-order valence-electron chi connectivity index (χ3n) is 7.18. The summed E-state index contributed by atoms with van der Waals surface area (Å²) in [6.45, 7) is 8.93. The van der Waals surface area contributed by atoms with E-state index in [4.69, 9.17) is 0 Å². The van der Waals surface area contributed by atoms with Crippen molar-refractivity contribution in [1.82, 2.24) is 9.80 Å². The van der Waals surface area contributed by atoms with Crippen LogP contribution in [0.4, 0.5) is 0 Å². The van der Waals surface area contributed by atoms with Crippen LogP contribution < -0.4 is 0 Å². The number of piperidine rings is 2. The van der Waals surface area contributed by atoms with E-state index in [9.17, 15) is 5.11 Å². The molecule has 2 fully saturated rings. The predicted molar refractivity (Wildman–Crippen MR) is 108 cm³/mol. The third-order valence-corrected chi connectivity index (χ3v) is 7.18. The van der Waals surface area contributed by atoms with Crippen molar-refractivity contribution < 1.29 is 5.11 Å². The molecule has 0 bridgehead atoms. The van der Waals surface area contributed by atoms with Crippen LogP contribution in [0.25, 0.3) is 0 Å². The zero-order chi connectivity index (χ0) is 18.1. The lowest BCUT2D eigenvalue weighted by atomic mass is 9.94. The maximum Gasteiger partial charge on any atom is 0.124 e. The topological polar surface area (TPSA) is 26.7 Å². The summed E-state index contributed by atoms with van der Waals surface area (Å²) >= 11 is 0. The number of hydrogen-bond acceptors (Lipinski definition) is 3. The summed E-state index contributed by atoms with van der Waals surface area (Å²) in [5, 5.41) is 11.2. The molecule has 0 radical (unpaired) electrons. The van der Waals surface area contributed by atoms with Crippen LogP contribution in [0.2, 0.25) is 0 Å². The Hall–Kier alpha value is -1.06.